The van der Waals surface area contributed by atoms with Crippen LogP contribution in [-0.2, 0) is 0 Å². The Morgan fingerprint density at radius 2 is 2.12 bits per heavy atom. The third-order valence-corrected chi connectivity index (χ3v) is 5.69. The molecule has 0 bridgehead atoms. The van der Waals surface area contributed by atoms with Crippen LogP contribution in [0.2, 0.25) is 0 Å². The molecule has 1 aliphatic heterocycles. The summed E-state index contributed by atoms with van der Waals surface area (Å²) in [5.41, 5.74) is 3.78. The van der Waals surface area contributed by atoms with Crippen LogP contribution >= 0.6 is 11.3 Å². The molecule has 0 unspecified atom stereocenters. The van der Waals surface area contributed by atoms with Gasteiger partial charge in [-0.15, -0.1) is 0 Å². The van der Waals surface area contributed by atoms with E-state index in [0.717, 1.165) is 32.6 Å². The van der Waals surface area contributed by atoms with Crippen LogP contribution in [0.25, 0.3) is 0 Å². The summed E-state index contributed by atoms with van der Waals surface area (Å²) in [6.07, 6.45) is 4.81. The highest BCUT2D eigenvalue weighted by Gasteiger charge is 2.40. The van der Waals surface area contributed by atoms with Crippen molar-refractivity contribution in [3.63, 3.8) is 0 Å². The Bertz CT molecular complexity index is 710. The van der Waals surface area contributed by atoms with E-state index in [9.17, 15) is 4.79 Å². The topological polar surface area (TPSA) is 48.5 Å². The Morgan fingerprint density at radius 3 is 2.83 bits per heavy atom. The number of rotatable bonds is 3. The predicted molar refractivity (Wildman–Crippen MR) is 96.8 cm³/mol. The molecule has 2 atom stereocenters. The number of thiophene rings is 1. The number of amides is 2. The van der Waals surface area contributed by atoms with Crippen LogP contribution in [0.1, 0.15) is 23.5 Å². The average Bonchev–Trinajstić information content (AvgIpc) is 3.15. The number of anilines is 1. The van der Waals surface area contributed by atoms with Crippen molar-refractivity contribution in [3.8, 4) is 0 Å². The molecule has 3 heterocycles. The number of carbonyl (C=O) groups excluding carboxylic acids is 1. The van der Waals surface area contributed by atoms with Gasteiger partial charge in [-0.05, 0) is 47.4 Å². The molecule has 0 radical (unpaired) electrons. The highest BCUT2D eigenvalue weighted by Crippen LogP contribution is 2.41. The lowest BCUT2D eigenvalue weighted by atomic mass is 10.2. The SMILES string of the molecule is Cc1ccncc1N1CCN(C(=O)N[C@@H]2C[C@H]2c2ccsc2)CC1. The second kappa shape index (κ2) is 6.43. The number of nitrogens with one attached hydrogen (secondary N) is 1. The van der Waals surface area contributed by atoms with E-state index in [0.29, 0.717) is 12.0 Å². The fourth-order valence-electron chi connectivity index (χ4n) is 3.40. The van der Waals surface area contributed by atoms with Crippen molar-refractivity contribution in [3.05, 3.63) is 46.4 Å². The molecule has 126 valence electrons. The van der Waals surface area contributed by atoms with E-state index in [2.05, 4.69) is 39.0 Å². The van der Waals surface area contributed by atoms with Crippen molar-refractivity contribution in [1.29, 1.82) is 0 Å². The number of piperazine rings is 1. The molecule has 2 fully saturated rings. The highest BCUT2D eigenvalue weighted by molar-refractivity contribution is 7.08. The van der Waals surface area contributed by atoms with Gasteiger partial charge in [0, 0.05) is 44.3 Å². The lowest BCUT2D eigenvalue weighted by Gasteiger charge is -2.36. The Morgan fingerprint density at radius 1 is 1.29 bits per heavy atom. The summed E-state index contributed by atoms with van der Waals surface area (Å²) in [5, 5.41) is 7.48. The number of aryl methyl sites for hydroxylation is 1. The summed E-state index contributed by atoms with van der Waals surface area (Å²) in [7, 11) is 0. The Hall–Kier alpha value is -2.08. The van der Waals surface area contributed by atoms with Crippen LogP contribution in [0.15, 0.2) is 35.3 Å². The fourth-order valence-corrected chi connectivity index (χ4v) is 4.12. The van der Waals surface area contributed by atoms with Crippen molar-refractivity contribution in [2.45, 2.75) is 25.3 Å². The summed E-state index contributed by atoms with van der Waals surface area (Å²) < 4.78 is 0. The molecule has 1 saturated heterocycles. The molecule has 1 saturated carbocycles. The van der Waals surface area contributed by atoms with Crippen LogP contribution in [0.5, 0.6) is 0 Å². The molecule has 0 aromatic carbocycles. The van der Waals surface area contributed by atoms with Gasteiger partial charge >= 0.3 is 6.03 Å². The molecule has 2 amide bonds. The molecule has 2 aromatic heterocycles. The van der Waals surface area contributed by atoms with Gasteiger partial charge in [0.2, 0.25) is 0 Å². The van der Waals surface area contributed by atoms with Gasteiger partial charge in [0.1, 0.15) is 0 Å². The number of hydrogen-bond donors (Lipinski definition) is 1. The Kier molecular flexibility index (Phi) is 4.14. The van der Waals surface area contributed by atoms with Gasteiger partial charge in [0.15, 0.2) is 0 Å². The van der Waals surface area contributed by atoms with E-state index in [1.807, 2.05) is 23.4 Å². The Labute approximate surface area is 146 Å². The third kappa shape index (κ3) is 3.11. The highest BCUT2D eigenvalue weighted by atomic mass is 32.1. The lowest BCUT2D eigenvalue weighted by Crippen LogP contribution is -2.52. The van der Waals surface area contributed by atoms with Crippen LogP contribution in [0.4, 0.5) is 10.5 Å². The van der Waals surface area contributed by atoms with Crippen molar-refractivity contribution < 1.29 is 4.79 Å². The molecule has 1 aliphatic carbocycles. The van der Waals surface area contributed by atoms with Crippen molar-refractivity contribution in [1.82, 2.24) is 15.2 Å². The average molecular weight is 342 g/mol. The van der Waals surface area contributed by atoms with Gasteiger partial charge in [-0.3, -0.25) is 4.98 Å². The summed E-state index contributed by atoms with van der Waals surface area (Å²) in [4.78, 5) is 20.9. The number of pyridine rings is 1. The van der Waals surface area contributed by atoms with Gasteiger partial charge in [-0.25, -0.2) is 4.79 Å². The van der Waals surface area contributed by atoms with Gasteiger partial charge in [0.25, 0.3) is 0 Å². The molecule has 2 aliphatic rings. The maximum Gasteiger partial charge on any atom is 0.317 e. The maximum absolute atomic E-state index is 12.5. The van der Waals surface area contributed by atoms with Crippen LogP contribution in [0, 0.1) is 6.92 Å². The minimum Gasteiger partial charge on any atom is -0.367 e. The summed E-state index contributed by atoms with van der Waals surface area (Å²) >= 11 is 1.72. The van der Waals surface area contributed by atoms with Gasteiger partial charge < -0.3 is 15.1 Å². The van der Waals surface area contributed by atoms with Gasteiger partial charge in [-0.2, -0.15) is 11.3 Å². The monoisotopic (exact) mass is 342 g/mol. The van der Waals surface area contributed by atoms with Crippen LogP contribution in [0.3, 0.4) is 0 Å². The van der Waals surface area contributed by atoms with E-state index in [4.69, 9.17) is 0 Å². The van der Waals surface area contributed by atoms with E-state index in [-0.39, 0.29) is 6.03 Å². The largest absolute Gasteiger partial charge is 0.367 e. The molecular formula is C18H22N4OS. The predicted octanol–water partition coefficient (Wildman–Crippen LogP) is 2.84. The van der Waals surface area contributed by atoms with Crippen LogP contribution in [-0.4, -0.2) is 48.1 Å². The standard InChI is InChI=1S/C18H22N4OS/c1-13-2-4-19-11-17(13)21-5-7-22(8-6-21)18(23)20-16-10-15(16)14-3-9-24-12-14/h2-4,9,11-12,15-16H,5-8,10H2,1H3,(H,20,23)/t15-,16+/m0/s1. The number of hydrogen-bond acceptors (Lipinski definition) is 4. The first kappa shape index (κ1) is 15.4. The third-order valence-electron chi connectivity index (χ3n) is 4.99. The first-order chi connectivity index (χ1) is 11.7. The molecule has 0 spiro atoms. The normalized spacial score (nSPS) is 23.2. The summed E-state index contributed by atoms with van der Waals surface area (Å²) in [6.45, 7) is 5.34. The number of urea groups is 1. The molecular weight excluding hydrogens is 320 g/mol. The van der Waals surface area contributed by atoms with Crippen molar-refractivity contribution in [2.75, 3.05) is 31.1 Å². The first-order valence-corrected chi connectivity index (χ1v) is 9.40. The zero-order valence-electron chi connectivity index (χ0n) is 13.8. The van der Waals surface area contributed by atoms with E-state index in [1.54, 1.807) is 11.3 Å². The molecule has 4 rings (SSSR count). The van der Waals surface area contributed by atoms with Gasteiger partial charge in [-0.1, -0.05) is 0 Å². The zero-order chi connectivity index (χ0) is 16.5. The molecule has 24 heavy (non-hydrogen) atoms. The number of aromatic nitrogens is 1. The second-order valence-electron chi connectivity index (χ2n) is 6.59. The molecule has 6 heteroatoms. The smallest absolute Gasteiger partial charge is 0.317 e. The van der Waals surface area contributed by atoms with Gasteiger partial charge in [0.05, 0.1) is 11.9 Å². The number of nitrogens with zero attached hydrogens (tertiary/aromatic N) is 3. The van der Waals surface area contributed by atoms with Crippen LogP contribution < -0.4 is 10.2 Å². The maximum atomic E-state index is 12.5. The Balaban J connectivity index is 1.29. The van der Waals surface area contributed by atoms with Crippen molar-refractivity contribution >= 4 is 23.1 Å². The summed E-state index contributed by atoms with van der Waals surface area (Å²) in [6, 6.07) is 4.59. The first-order valence-electron chi connectivity index (χ1n) is 8.45. The fraction of sp³-hybridized carbons (Fsp3) is 0.444. The van der Waals surface area contributed by atoms with Crippen molar-refractivity contribution in [2.24, 2.45) is 0 Å². The molecule has 5 nitrogen and oxygen atoms in total. The molecule has 1 N–H and O–H groups in total. The molecule has 2 aromatic rings. The minimum atomic E-state index is 0.0836. The quantitative estimate of drug-likeness (QED) is 0.933. The number of carbonyl (C=O) groups is 1. The lowest BCUT2D eigenvalue weighted by molar-refractivity contribution is 0.193. The zero-order valence-corrected chi connectivity index (χ0v) is 14.6. The van der Waals surface area contributed by atoms with E-state index in [1.165, 1.54) is 16.8 Å². The summed E-state index contributed by atoms with van der Waals surface area (Å²) in [5.74, 6) is 0.513. The van der Waals surface area contributed by atoms with E-state index < -0.39 is 0 Å². The van der Waals surface area contributed by atoms with E-state index >= 15 is 0 Å². The minimum absolute atomic E-state index is 0.0836. The second-order valence-corrected chi connectivity index (χ2v) is 7.37.